The number of ether oxygens (including phenoxy) is 1. The van der Waals surface area contributed by atoms with Crippen LogP contribution in [-0.2, 0) is 4.74 Å². The molecule has 1 amide bonds. The molecule has 3 heteroatoms. The molecule has 114 valence electrons. The van der Waals surface area contributed by atoms with Crippen molar-refractivity contribution in [2.75, 3.05) is 6.54 Å². The fourth-order valence-electron chi connectivity index (χ4n) is 1.99. The maximum atomic E-state index is 11.8. The molecule has 21 heavy (non-hydrogen) atoms. The predicted octanol–water partition coefficient (Wildman–Crippen LogP) is 4.46. The molecule has 1 atom stereocenters. The first-order valence-electron chi connectivity index (χ1n) is 7.43. The summed E-state index contributed by atoms with van der Waals surface area (Å²) in [5, 5.41) is 2.78. The van der Waals surface area contributed by atoms with Gasteiger partial charge in [-0.15, -0.1) is 0 Å². The molecular weight excluding hydrogens is 262 g/mol. The van der Waals surface area contributed by atoms with Gasteiger partial charge in [0, 0.05) is 6.54 Å². The van der Waals surface area contributed by atoms with Gasteiger partial charge in [0.05, 0.1) is 0 Å². The van der Waals surface area contributed by atoms with Crippen molar-refractivity contribution >= 4 is 6.09 Å². The highest BCUT2D eigenvalue weighted by atomic mass is 16.6. The van der Waals surface area contributed by atoms with Crippen LogP contribution in [0.25, 0.3) is 0 Å². The van der Waals surface area contributed by atoms with Gasteiger partial charge in [0.1, 0.15) is 6.10 Å². The van der Waals surface area contributed by atoms with Crippen LogP contribution in [0.2, 0.25) is 0 Å². The Bertz CT molecular complexity index is 481. The van der Waals surface area contributed by atoms with Crippen molar-refractivity contribution in [3.63, 3.8) is 0 Å². The van der Waals surface area contributed by atoms with E-state index in [9.17, 15) is 4.79 Å². The van der Waals surface area contributed by atoms with Crippen molar-refractivity contribution in [2.45, 2.75) is 39.7 Å². The fourth-order valence-corrected chi connectivity index (χ4v) is 1.99. The molecule has 1 rings (SSSR count). The molecule has 0 saturated heterocycles. The highest BCUT2D eigenvalue weighted by molar-refractivity contribution is 5.68. The quantitative estimate of drug-likeness (QED) is 0.733. The largest absolute Gasteiger partial charge is 0.442 e. The van der Waals surface area contributed by atoms with Crippen molar-refractivity contribution in [1.82, 2.24) is 5.32 Å². The minimum absolute atomic E-state index is 0.216. The maximum absolute atomic E-state index is 11.8. The lowest BCUT2D eigenvalue weighted by molar-refractivity contribution is 0.124. The predicted molar refractivity (Wildman–Crippen MR) is 88.1 cm³/mol. The summed E-state index contributed by atoms with van der Waals surface area (Å²) in [7, 11) is 0. The summed E-state index contributed by atoms with van der Waals surface area (Å²) in [6.45, 7) is 6.25. The van der Waals surface area contributed by atoms with Crippen molar-refractivity contribution < 1.29 is 9.53 Å². The van der Waals surface area contributed by atoms with Crippen molar-refractivity contribution in [3.05, 3.63) is 59.8 Å². The normalized spacial score (nSPS) is 17.1. The second-order valence-corrected chi connectivity index (χ2v) is 4.85. The van der Waals surface area contributed by atoms with E-state index in [1.807, 2.05) is 57.2 Å². The molecular formula is C18H25NO2. The van der Waals surface area contributed by atoms with Crippen LogP contribution in [0.4, 0.5) is 4.79 Å². The molecule has 0 aromatic heterocycles. The molecule has 0 aromatic carbocycles. The van der Waals surface area contributed by atoms with Gasteiger partial charge in [-0.2, -0.15) is 0 Å². The summed E-state index contributed by atoms with van der Waals surface area (Å²) in [4.78, 5) is 11.8. The Labute approximate surface area is 127 Å². The van der Waals surface area contributed by atoms with Crippen molar-refractivity contribution in [2.24, 2.45) is 0 Å². The van der Waals surface area contributed by atoms with Gasteiger partial charge in [-0.05, 0) is 44.8 Å². The lowest BCUT2D eigenvalue weighted by Crippen LogP contribution is -2.29. The molecule has 0 spiro atoms. The molecule has 0 bridgehead atoms. The second kappa shape index (κ2) is 9.81. The summed E-state index contributed by atoms with van der Waals surface area (Å²) < 4.78 is 5.38. The van der Waals surface area contributed by atoms with Crippen LogP contribution >= 0.6 is 0 Å². The summed E-state index contributed by atoms with van der Waals surface area (Å²) >= 11 is 0. The Morgan fingerprint density at radius 3 is 2.81 bits per heavy atom. The average Bonchev–Trinajstić information content (AvgIpc) is 2.51. The molecule has 0 fully saturated rings. The monoisotopic (exact) mass is 287 g/mol. The van der Waals surface area contributed by atoms with Crippen LogP contribution in [0.3, 0.4) is 0 Å². The molecule has 3 nitrogen and oxygen atoms in total. The number of rotatable bonds is 6. The number of nitrogens with one attached hydrogen (secondary N) is 1. The minimum atomic E-state index is -0.391. The Morgan fingerprint density at radius 1 is 1.38 bits per heavy atom. The molecule has 0 heterocycles. The third-order valence-electron chi connectivity index (χ3n) is 3.10. The SMILES string of the molecule is C\C=C/C=C(\C=C\C)CNC(=O)OC(C)C1=CCCC=C1. The average molecular weight is 287 g/mol. The van der Waals surface area contributed by atoms with Crippen LogP contribution in [-0.4, -0.2) is 18.7 Å². The summed E-state index contributed by atoms with van der Waals surface area (Å²) in [5.74, 6) is 0. The highest BCUT2D eigenvalue weighted by Crippen LogP contribution is 2.15. The summed E-state index contributed by atoms with van der Waals surface area (Å²) in [6.07, 6.45) is 17.5. The van der Waals surface area contributed by atoms with Crippen LogP contribution in [0.15, 0.2) is 59.8 Å². The number of carbonyl (C=O) groups excluding carboxylic acids is 1. The van der Waals surface area contributed by atoms with Crippen LogP contribution in [0.5, 0.6) is 0 Å². The van der Waals surface area contributed by atoms with E-state index in [0.29, 0.717) is 6.54 Å². The Balaban J connectivity index is 2.45. The van der Waals surface area contributed by atoms with Gasteiger partial charge in [-0.25, -0.2) is 4.79 Å². The Kier molecular flexibility index (Phi) is 7.95. The van der Waals surface area contributed by atoms with Gasteiger partial charge >= 0.3 is 6.09 Å². The third-order valence-corrected chi connectivity index (χ3v) is 3.10. The third kappa shape index (κ3) is 6.80. The molecule has 0 aromatic rings. The van der Waals surface area contributed by atoms with E-state index >= 15 is 0 Å². The summed E-state index contributed by atoms with van der Waals surface area (Å²) in [5.41, 5.74) is 2.09. The standard InChI is InChI=1S/C18H25NO2/c1-4-6-11-16(10-5-2)14-19-18(20)21-15(3)17-12-8-7-9-13-17/h4-6,8,10-13,15H,7,9,14H2,1-3H3,(H,19,20)/b6-4-,10-5+,16-11+. The maximum Gasteiger partial charge on any atom is 0.408 e. The second-order valence-electron chi connectivity index (χ2n) is 4.85. The fraction of sp³-hybridized carbons (Fsp3) is 0.389. The number of amides is 1. The highest BCUT2D eigenvalue weighted by Gasteiger charge is 2.13. The molecule has 1 N–H and O–H groups in total. The van der Waals surface area contributed by atoms with Crippen molar-refractivity contribution in [1.29, 1.82) is 0 Å². The smallest absolute Gasteiger partial charge is 0.408 e. The summed E-state index contributed by atoms with van der Waals surface area (Å²) in [6, 6.07) is 0. The lowest BCUT2D eigenvalue weighted by Gasteiger charge is -2.17. The van der Waals surface area contributed by atoms with Gasteiger partial charge in [0.15, 0.2) is 0 Å². The number of hydrogen-bond acceptors (Lipinski definition) is 2. The topological polar surface area (TPSA) is 38.3 Å². The van der Waals surface area contributed by atoms with Crippen LogP contribution in [0, 0.1) is 0 Å². The zero-order chi connectivity index (χ0) is 15.5. The molecule has 0 saturated carbocycles. The molecule has 1 unspecified atom stereocenters. The van der Waals surface area contributed by atoms with E-state index < -0.39 is 6.09 Å². The van der Waals surface area contributed by atoms with E-state index in [-0.39, 0.29) is 6.10 Å². The van der Waals surface area contributed by atoms with E-state index in [1.165, 1.54) is 0 Å². The van der Waals surface area contributed by atoms with Crippen molar-refractivity contribution in [3.8, 4) is 0 Å². The first-order valence-corrected chi connectivity index (χ1v) is 7.43. The van der Waals surface area contributed by atoms with Crippen LogP contribution in [0.1, 0.15) is 33.6 Å². The molecule has 1 aliphatic carbocycles. The van der Waals surface area contributed by atoms with Crippen LogP contribution < -0.4 is 5.32 Å². The minimum Gasteiger partial charge on any atom is -0.442 e. The molecule has 0 aliphatic heterocycles. The number of allylic oxidation sites excluding steroid dienone is 6. The number of carbonyl (C=O) groups is 1. The Morgan fingerprint density at radius 2 is 2.19 bits per heavy atom. The number of hydrogen-bond donors (Lipinski definition) is 1. The van der Waals surface area contributed by atoms with Gasteiger partial charge in [-0.3, -0.25) is 0 Å². The first kappa shape index (κ1) is 17.0. The Hall–Kier alpha value is -2.03. The first-order chi connectivity index (χ1) is 10.2. The van der Waals surface area contributed by atoms with E-state index in [2.05, 4.69) is 17.5 Å². The van der Waals surface area contributed by atoms with Gasteiger partial charge in [0.2, 0.25) is 0 Å². The lowest BCUT2D eigenvalue weighted by atomic mass is 10.0. The van der Waals surface area contributed by atoms with E-state index in [4.69, 9.17) is 4.74 Å². The van der Waals surface area contributed by atoms with Gasteiger partial charge < -0.3 is 10.1 Å². The molecule has 0 radical (unpaired) electrons. The van der Waals surface area contributed by atoms with Gasteiger partial charge in [-0.1, -0.05) is 48.6 Å². The molecule has 1 aliphatic rings. The zero-order valence-corrected chi connectivity index (χ0v) is 13.1. The van der Waals surface area contributed by atoms with E-state index in [0.717, 1.165) is 24.0 Å². The number of alkyl carbamates (subject to hydrolysis) is 1. The van der Waals surface area contributed by atoms with Gasteiger partial charge in [0.25, 0.3) is 0 Å². The van der Waals surface area contributed by atoms with E-state index in [1.54, 1.807) is 0 Å². The zero-order valence-electron chi connectivity index (χ0n) is 13.1.